The highest BCUT2D eigenvalue weighted by Crippen LogP contribution is 2.49. The van der Waals surface area contributed by atoms with Crippen molar-refractivity contribution in [3.8, 4) is 51.2 Å². The quantitative estimate of drug-likeness (QED) is 0.0324. The van der Waals surface area contributed by atoms with Gasteiger partial charge in [-0.15, -0.1) is 0 Å². The number of halogens is 5. The first kappa shape index (κ1) is 84.8. The van der Waals surface area contributed by atoms with Gasteiger partial charge in [-0.1, -0.05) is 53.7 Å². The molecule has 1 saturated carbocycles. The van der Waals surface area contributed by atoms with Gasteiger partial charge in [0.2, 0.25) is 5.88 Å². The number of nitrogens with one attached hydrogen (secondary N) is 4. The number of ether oxygens (including phenoxy) is 3. The highest BCUT2D eigenvalue weighted by atomic mass is 32.2. The van der Waals surface area contributed by atoms with Crippen molar-refractivity contribution in [2.75, 3.05) is 72.1 Å². The van der Waals surface area contributed by atoms with Crippen molar-refractivity contribution in [3.63, 3.8) is 0 Å². The van der Waals surface area contributed by atoms with E-state index in [2.05, 4.69) is 58.3 Å². The number of alkyl halides is 3. The Morgan fingerprint density at radius 1 is 0.557 bits per heavy atom. The number of hydrogen-bond acceptors (Lipinski definition) is 24. The standard InChI is InChI=1S/C28H34FN5O4S.C26H30FN5O4S.C25H27F3N6O4S/c1-18(2)17-38-21-15-19(14-20(29)16-21)23-9-8-22(26(31-23)34-12-10-28(3,4)11-13-34)27(35)33-39(36,37)25-7-5-6-24(30)32-25;1-17(2)16-36-20-14-18(13-19(27)15-20)22-6-5-21(25(33)31-37(34,35)23-7-11-28-30-23)24(29-22)32-12-4-10-26(32)8-3-9-26;1-15(2)38-21-11-8-16(13-30-21)19-10-9-18(23(31-19)34-12-4-5-17(14-34)25(26,27)28)24(35)33-39(36,37)22-7-3-6-20(29)32-22/h5-9,14-16,18H,10-13,17H2,1-4H3,(H2,30,32)(H,33,35);5-7,11,13-15,17H,3-4,8-10,12,16H2,1-2H3,(H,28,30)(H,31,33);3,6-11,13,15,17H,4-5,12,14H2,1-2H3,(H2,29,32)(H,33,35). The van der Waals surface area contributed by atoms with Gasteiger partial charge in [0.15, 0.2) is 15.1 Å². The van der Waals surface area contributed by atoms with Crippen LogP contribution in [0.1, 0.15) is 144 Å². The second kappa shape index (κ2) is 35.3. The summed E-state index contributed by atoms with van der Waals surface area (Å²) < 4.78 is 169. The molecule has 612 valence electrons. The Kier molecular flexibility index (Phi) is 26.0. The van der Waals surface area contributed by atoms with Crippen molar-refractivity contribution >= 4 is 76.9 Å². The van der Waals surface area contributed by atoms with Crippen LogP contribution < -0.4 is 54.5 Å². The van der Waals surface area contributed by atoms with E-state index in [1.165, 1.54) is 96.2 Å². The summed E-state index contributed by atoms with van der Waals surface area (Å²) in [7, 11) is -12.9. The van der Waals surface area contributed by atoms with E-state index in [1.807, 2.05) is 51.2 Å². The lowest BCUT2D eigenvalue weighted by molar-refractivity contribution is -0.176. The van der Waals surface area contributed by atoms with Gasteiger partial charge in [-0.2, -0.15) is 43.5 Å². The molecule has 2 aromatic carbocycles. The second-order valence-electron chi connectivity index (χ2n) is 30.4. The van der Waals surface area contributed by atoms with Crippen LogP contribution in [0.15, 0.2) is 155 Å². The van der Waals surface area contributed by atoms with Gasteiger partial charge < -0.3 is 40.4 Å². The van der Waals surface area contributed by atoms with Crippen molar-refractivity contribution in [2.24, 2.45) is 23.2 Å². The van der Waals surface area contributed by atoms with E-state index in [-0.39, 0.29) is 92.5 Å². The van der Waals surface area contributed by atoms with E-state index in [9.17, 15) is 61.6 Å². The van der Waals surface area contributed by atoms with Crippen LogP contribution in [0.5, 0.6) is 17.4 Å². The second-order valence-corrected chi connectivity index (χ2v) is 35.3. The van der Waals surface area contributed by atoms with Gasteiger partial charge in [-0.05, 0) is 186 Å². The number of nitrogens with two attached hydrogens (primary N) is 2. The molecular weight excluding hydrogens is 1560 g/mol. The molecule has 4 fully saturated rings. The van der Waals surface area contributed by atoms with Gasteiger partial charge in [0.25, 0.3) is 47.8 Å². The molecule has 28 nitrogen and oxygen atoms in total. The third-order valence-corrected chi connectivity index (χ3v) is 23.2. The molecule has 4 aliphatic rings. The normalized spacial score (nSPS) is 16.1. The number of anilines is 5. The van der Waals surface area contributed by atoms with Crippen LogP contribution in [0.25, 0.3) is 33.8 Å². The summed E-state index contributed by atoms with van der Waals surface area (Å²) in [6.45, 7) is 18.7. The first-order chi connectivity index (χ1) is 54.3. The number of amides is 3. The molecule has 9 aromatic rings. The summed E-state index contributed by atoms with van der Waals surface area (Å²) in [6.07, 6.45) is 5.14. The molecule has 3 saturated heterocycles. The first-order valence-electron chi connectivity index (χ1n) is 37.4. The van der Waals surface area contributed by atoms with Gasteiger partial charge in [-0.25, -0.2) is 52.9 Å². The Labute approximate surface area is 664 Å². The highest BCUT2D eigenvalue weighted by Gasteiger charge is 2.48. The molecule has 1 aliphatic carbocycles. The average molecular weight is 1650 g/mol. The number of nitrogens with zero attached hydrogens (tertiary/aromatic N) is 10. The summed E-state index contributed by atoms with van der Waals surface area (Å²) in [5, 5.41) is 4.96. The minimum atomic E-state index is -4.43. The summed E-state index contributed by atoms with van der Waals surface area (Å²) in [5.74, 6) is -2.95. The van der Waals surface area contributed by atoms with Gasteiger partial charge in [0.1, 0.15) is 52.2 Å². The molecule has 0 bridgehead atoms. The number of H-pyrrole nitrogens is 1. The van der Waals surface area contributed by atoms with E-state index in [1.54, 1.807) is 42.5 Å². The molecule has 7 aromatic heterocycles. The predicted molar refractivity (Wildman–Crippen MR) is 422 cm³/mol. The number of carbonyl (C=O) groups excluding carboxylic acids is 3. The van der Waals surface area contributed by atoms with E-state index < -0.39 is 83.1 Å². The number of benzene rings is 2. The molecule has 1 atom stereocenters. The SMILES string of the molecule is CC(C)COc1cc(F)cc(-c2ccc(C(=O)NS(=O)(=O)c3cccc(N)n3)c(N3CCC(C)(C)CC3)n2)c1.CC(C)COc1cc(F)cc(-c2ccc(C(=O)NS(=O)(=O)c3ccn[nH]3)c(N3CCCC34CCC4)n2)c1.CC(C)Oc1ccc(-c2ccc(C(=O)NS(=O)(=O)c3cccc(N)n3)c(N3CCCC(C(F)(F)F)C3)n2)cn1. The Bertz CT molecular complexity index is 5360. The smallest absolute Gasteiger partial charge is 0.393 e. The van der Waals surface area contributed by atoms with Crippen LogP contribution in [0.2, 0.25) is 0 Å². The zero-order valence-electron chi connectivity index (χ0n) is 64.5. The number of nitrogen functional groups attached to an aromatic ring is 2. The molecule has 1 spiro atoms. The molecule has 3 aliphatic heterocycles. The van der Waals surface area contributed by atoms with Crippen LogP contribution in [-0.2, 0) is 30.1 Å². The molecule has 10 heterocycles. The summed E-state index contributed by atoms with van der Waals surface area (Å²) in [6, 6.07) is 30.4. The number of rotatable bonds is 23. The van der Waals surface area contributed by atoms with Gasteiger partial charge in [0, 0.05) is 79.3 Å². The third kappa shape index (κ3) is 21.5. The van der Waals surface area contributed by atoms with Crippen molar-refractivity contribution in [3.05, 3.63) is 168 Å². The van der Waals surface area contributed by atoms with Crippen LogP contribution >= 0.6 is 0 Å². The topological polar surface area (TPSA) is 385 Å². The lowest BCUT2D eigenvalue weighted by Crippen LogP contribution is -2.50. The van der Waals surface area contributed by atoms with Crippen molar-refractivity contribution < 1.29 is 75.8 Å². The largest absolute Gasteiger partial charge is 0.493 e. The molecular formula is C79H91F5N16O12S3. The molecule has 36 heteroatoms. The predicted octanol–water partition coefficient (Wildman–Crippen LogP) is 12.7. The maximum absolute atomic E-state index is 14.5. The van der Waals surface area contributed by atoms with Crippen molar-refractivity contribution in [2.45, 2.75) is 146 Å². The van der Waals surface area contributed by atoms with E-state index >= 15 is 0 Å². The number of piperidine rings is 2. The summed E-state index contributed by atoms with van der Waals surface area (Å²) in [4.78, 5) is 71.1. The number of sulfonamides is 3. The summed E-state index contributed by atoms with van der Waals surface area (Å²) in [5.41, 5.74) is 14.0. The van der Waals surface area contributed by atoms with E-state index in [4.69, 9.17) is 35.6 Å². The Morgan fingerprint density at radius 2 is 1.04 bits per heavy atom. The number of pyridine rings is 6. The van der Waals surface area contributed by atoms with Crippen LogP contribution in [0.3, 0.4) is 0 Å². The van der Waals surface area contributed by atoms with Gasteiger partial charge in [-0.3, -0.25) is 19.5 Å². The number of carbonyl (C=O) groups is 3. The molecule has 0 radical (unpaired) electrons. The Morgan fingerprint density at radius 3 is 1.50 bits per heavy atom. The minimum Gasteiger partial charge on any atom is -0.493 e. The average Bonchev–Trinajstić information content (AvgIpc) is 1.63. The highest BCUT2D eigenvalue weighted by molar-refractivity contribution is 7.90. The minimum absolute atomic E-state index is 0.0137. The fourth-order valence-electron chi connectivity index (χ4n) is 13.4. The lowest BCUT2D eigenvalue weighted by Gasteiger charge is -2.47. The zero-order valence-corrected chi connectivity index (χ0v) is 67.0. The van der Waals surface area contributed by atoms with Gasteiger partial charge in [0.05, 0.1) is 65.2 Å². The van der Waals surface area contributed by atoms with Crippen molar-refractivity contribution in [1.29, 1.82) is 0 Å². The third-order valence-electron chi connectivity index (χ3n) is 19.5. The van der Waals surface area contributed by atoms with Crippen LogP contribution in [-0.4, -0.2) is 147 Å². The zero-order chi connectivity index (χ0) is 83.0. The number of hydrogen-bond donors (Lipinski definition) is 6. The molecule has 115 heavy (non-hydrogen) atoms. The van der Waals surface area contributed by atoms with Crippen LogP contribution in [0.4, 0.5) is 51.0 Å². The Balaban J connectivity index is 0.000000170. The fraction of sp³-hybridized carbons (Fsp3) is 0.392. The molecule has 1 unspecified atom stereocenters. The Hall–Kier alpha value is -11.1. The maximum atomic E-state index is 14.5. The van der Waals surface area contributed by atoms with E-state index in [0.29, 0.717) is 95.6 Å². The lowest BCUT2D eigenvalue weighted by atomic mass is 9.75. The van der Waals surface area contributed by atoms with Gasteiger partial charge >= 0.3 is 6.18 Å². The first-order valence-corrected chi connectivity index (χ1v) is 41.8. The maximum Gasteiger partial charge on any atom is 0.393 e. The molecule has 3 amide bonds. The molecule has 13 rings (SSSR count). The number of aromatic nitrogens is 8. The van der Waals surface area contributed by atoms with E-state index in [0.717, 1.165) is 51.0 Å². The van der Waals surface area contributed by atoms with Crippen LogP contribution in [0, 0.1) is 34.8 Å². The van der Waals surface area contributed by atoms with Crippen molar-refractivity contribution in [1.82, 2.24) is 54.3 Å². The molecule has 8 N–H and O–H groups in total. The summed E-state index contributed by atoms with van der Waals surface area (Å²) >= 11 is 0. The fourth-order valence-corrected chi connectivity index (χ4v) is 16.1. The number of aromatic amines is 1. The monoisotopic (exact) mass is 1650 g/mol.